The molecule has 1 fully saturated rings. The molecule has 3 rings (SSSR count). The molecule has 0 unspecified atom stereocenters. The zero-order valence-corrected chi connectivity index (χ0v) is 18.2. The standard InChI is InChI=1S/C21H21F5N4O4/c1-9-14(11-4-5-12(22)15(23)16(11)33-3)17(34-20(9,2)21(24,25)26)19(32)29-10-6-7-28-13(8-10)18(31)30-27/h4-9,14,17H,27H2,1-3H3,(H,30,31)(H,28,29,32)/t9-,14-,17+,20+/m0/s1. The number of rotatable bonds is 5. The summed E-state index contributed by atoms with van der Waals surface area (Å²) in [4.78, 5) is 28.5. The van der Waals surface area contributed by atoms with E-state index in [0.717, 1.165) is 32.2 Å². The molecule has 1 aromatic carbocycles. The maximum absolute atomic E-state index is 14.4. The Kier molecular flexibility index (Phi) is 6.80. The van der Waals surface area contributed by atoms with Crippen molar-refractivity contribution < 1.29 is 41.0 Å². The summed E-state index contributed by atoms with van der Waals surface area (Å²) in [6.07, 6.45) is -5.50. The molecule has 8 nitrogen and oxygen atoms in total. The zero-order valence-electron chi connectivity index (χ0n) is 18.2. The van der Waals surface area contributed by atoms with Gasteiger partial charge in [-0.15, -0.1) is 0 Å². The number of halogens is 5. The van der Waals surface area contributed by atoms with Crippen molar-refractivity contribution in [3.05, 3.63) is 53.4 Å². The summed E-state index contributed by atoms with van der Waals surface area (Å²) >= 11 is 0. The highest BCUT2D eigenvalue weighted by molar-refractivity contribution is 5.97. The largest absolute Gasteiger partial charge is 0.493 e. The summed E-state index contributed by atoms with van der Waals surface area (Å²) in [6, 6.07) is 4.23. The number of hydrazine groups is 1. The summed E-state index contributed by atoms with van der Waals surface area (Å²) in [5.41, 5.74) is -1.25. The van der Waals surface area contributed by atoms with Crippen molar-refractivity contribution in [3.63, 3.8) is 0 Å². The molecular weight excluding hydrogens is 467 g/mol. The molecule has 2 heterocycles. The number of amides is 2. The second kappa shape index (κ2) is 9.14. The van der Waals surface area contributed by atoms with Gasteiger partial charge in [0, 0.05) is 29.3 Å². The molecule has 2 aromatic rings. The molecule has 1 saturated heterocycles. The van der Waals surface area contributed by atoms with Gasteiger partial charge in [0.2, 0.25) is 5.82 Å². The van der Waals surface area contributed by atoms with Crippen molar-refractivity contribution in [1.82, 2.24) is 10.4 Å². The molecule has 4 N–H and O–H groups in total. The number of ether oxygens (including phenoxy) is 2. The average molecular weight is 488 g/mol. The number of nitrogen functional groups attached to an aromatic ring is 1. The van der Waals surface area contributed by atoms with Crippen LogP contribution in [0.3, 0.4) is 0 Å². The number of nitrogens with one attached hydrogen (secondary N) is 2. The van der Waals surface area contributed by atoms with Crippen molar-refractivity contribution in [2.45, 2.75) is 37.6 Å². The van der Waals surface area contributed by atoms with E-state index in [2.05, 4.69) is 10.3 Å². The second-order valence-electron chi connectivity index (χ2n) is 7.83. The van der Waals surface area contributed by atoms with Crippen LogP contribution in [0, 0.1) is 17.6 Å². The summed E-state index contributed by atoms with van der Waals surface area (Å²) in [7, 11) is 1.03. The highest BCUT2D eigenvalue weighted by atomic mass is 19.4. The third-order valence-electron chi connectivity index (χ3n) is 5.96. The van der Waals surface area contributed by atoms with Gasteiger partial charge in [-0.25, -0.2) is 10.2 Å². The number of nitrogens with zero attached hydrogens (tertiary/aromatic N) is 1. The van der Waals surface area contributed by atoms with Crippen molar-refractivity contribution >= 4 is 17.5 Å². The van der Waals surface area contributed by atoms with Crippen LogP contribution in [0.1, 0.15) is 35.8 Å². The van der Waals surface area contributed by atoms with E-state index < -0.39 is 58.9 Å². The van der Waals surface area contributed by atoms with Gasteiger partial charge < -0.3 is 14.8 Å². The van der Waals surface area contributed by atoms with Gasteiger partial charge in [-0.2, -0.15) is 17.6 Å². The number of anilines is 1. The molecule has 0 saturated carbocycles. The summed E-state index contributed by atoms with van der Waals surface area (Å²) < 4.78 is 80.2. The SMILES string of the molecule is COc1c([C@H]2[C@H](C(=O)Nc3ccnc(C(=O)NN)c3)O[C@@](C)(C(F)(F)F)[C@H]2C)ccc(F)c1F. The molecular formula is C21H21F5N4O4. The topological polar surface area (TPSA) is 116 Å². The zero-order chi connectivity index (χ0) is 25.4. The van der Waals surface area contributed by atoms with Gasteiger partial charge in [0.1, 0.15) is 11.8 Å². The Labute approximate surface area is 190 Å². The molecule has 0 aliphatic carbocycles. The van der Waals surface area contributed by atoms with Crippen LogP contribution < -0.4 is 21.3 Å². The number of pyridine rings is 1. The van der Waals surface area contributed by atoms with E-state index in [1.807, 2.05) is 5.43 Å². The molecule has 34 heavy (non-hydrogen) atoms. The molecule has 184 valence electrons. The van der Waals surface area contributed by atoms with Crippen LogP contribution in [0.2, 0.25) is 0 Å². The highest BCUT2D eigenvalue weighted by Crippen LogP contribution is 2.55. The fourth-order valence-electron chi connectivity index (χ4n) is 3.96. The van der Waals surface area contributed by atoms with Gasteiger partial charge in [0.05, 0.1) is 7.11 Å². The molecule has 0 radical (unpaired) electrons. The predicted octanol–water partition coefficient (Wildman–Crippen LogP) is 3.05. The van der Waals surface area contributed by atoms with Crippen LogP contribution in [-0.2, 0) is 9.53 Å². The smallest absolute Gasteiger partial charge is 0.417 e. The van der Waals surface area contributed by atoms with Crippen LogP contribution >= 0.6 is 0 Å². The molecule has 0 bridgehead atoms. The minimum atomic E-state index is -4.89. The molecule has 1 aliphatic heterocycles. The Balaban J connectivity index is 2.06. The number of hydrogen-bond acceptors (Lipinski definition) is 6. The Bertz CT molecular complexity index is 1110. The van der Waals surface area contributed by atoms with Crippen molar-refractivity contribution in [2.75, 3.05) is 12.4 Å². The van der Waals surface area contributed by atoms with Gasteiger partial charge in [-0.3, -0.25) is 20.0 Å². The van der Waals surface area contributed by atoms with E-state index in [1.165, 1.54) is 19.2 Å². The lowest BCUT2D eigenvalue weighted by molar-refractivity contribution is -0.272. The first-order valence-corrected chi connectivity index (χ1v) is 9.90. The average Bonchev–Trinajstić information content (AvgIpc) is 3.07. The number of nitrogens with two attached hydrogens (primary N) is 1. The van der Waals surface area contributed by atoms with E-state index in [4.69, 9.17) is 15.3 Å². The van der Waals surface area contributed by atoms with Crippen LogP contribution in [-0.4, -0.2) is 41.8 Å². The number of carbonyl (C=O) groups excluding carboxylic acids is 2. The fraction of sp³-hybridized carbons (Fsp3) is 0.381. The van der Waals surface area contributed by atoms with Crippen molar-refractivity contribution in [2.24, 2.45) is 11.8 Å². The van der Waals surface area contributed by atoms with Crippen LogP contribution in [0.4, 0.5) is 27.6 Å². The number of alkyl halides is 3. The van der Waals surface area contributed by atoms with Gasteiger partial charge in [0.15, 0.2) is 17.2 Å². The third-order valence-corrected chi connectivity index (χ3v) is 5.96. The van der Waals surface area contributed by atoms with Gasteiger partial charge in [-0.05, 0) is 25.1 Å². The van der Waals surface area contributed by atoms with E-state index in [0.29, 0.717) is 0 Å². The normalized spacial score (nSPS) is 24.6. The van der Waals surface area contributed by atoms with Crippen molar-refractivity contribution in [3.8, 4) is 5.75 Å². The predicted molar refractivity (Wildman–Crippen MR) is 109 cm³/mol. The number of methoxy groups -OCH3 is 1. The molecule has 2 amide bonds. The number of benzene rings is 1. The molecule has 13 heteroatoms. The Morgan fingerprint density at radius 2 is 1.91 bits per heavy atom. The minimum Gasteiger partial charge on any atom is -0.493 e. The summed E-state index contributed by atoms with van der Waals surface area (Å²) in [5.74, 6) is -2.81. The summed E-state index contributed by atoms with van der Waals surface area (Å²) in [6.45, 7) is 1.97. The van der Waals surface area contributed by atoms with Crippen molar-refractivity contribution in [1.29, 1.82) is 0 Å². The quantitative estimate of drug-likeness (QED) is 0.258. The number of aromatic nitrogens is 1. The van der Waals surface area contributed by atoms with Crippen LogP contribution in [0.5, 0.6) is 5.75 Å². The monoisotopic (exact) mass is 488 g/mol. The molecule has 4 atom stereocenters. The molecule has 0 spiro atoms. The number of hydrogen-bond donors (Lipinski definition) is 3. The van der Waals surface area contributed by atoms with Crippen LogP contribution in [0.15, 0.2) is 30.5 Å². The molecule has 1 aromatic heterocycles. The molecule has 1 aliphatic rings. The number of carbonyl (C=O) groups is 2. The van der Waals surface area contributed by atoms with E-state index >= 15 is 0 Å². The van der Waals surface area contributed by atoms with Crippen LogP contribution in [0.25, 0.3) is 0 Å². The summed E-state index contributed by atoms with van der Waals surface area (Å²) in [5, 5.41) is 2.38. The Morgan fingerprint density at radius 1 is 1.24 bits per heavy atom. The van der Waals surface area contributed by atoms with Gasteiger partial charge in [-0.1, -0.05) is 13.0 Å². The first kappa shape index (κ1) is 25.3. The fourth-order valence-corrected chi connectivity index (χ4v) is 3.96. The van der Waals surface area contributed by atoms with Gasteiger partial charge >= 0.3 is 6.18 Å². The first-order valence-electron chi connectivity index (χ1n) is 9.90. The van der Waals surface area contributed by atoms with E-state index in [9.17, 15) is 31.5 Å². The lowest BCUT2D eigenvalue weighted by atomic mass is 9.77. The second-order valence-corrected chi connectivity index (χ2v) is 7.83. The lowest BCUT2D eigenvalue weighted by Crippen LogP contribution is -2.47. The Hall–Kier alpha value is -3.32. The first-order chi connectivity index (χ1) is 15.9. The highest BCUT2D eigenvalue weighted by Gasteiger charge is 2.65. The maximum atomic E-state index is 14.4. The van der Waals surface area contributed by atoms with E-state index in [1.54, 1.807) is 0 Å². The third kappa shape index (κ3) is 4.28. The minimum absolute atomic E-state index is 0.0199. The Morgan fingerprint density at radius 3 is 2.50 bits per heavy atom. The lowest BCUT2D eigenvalue weighted by Gasteiger charge is -2.32. The van der Waals surface area contributed by atoms with Gasteiger partial charge in [0.25, 0.3) is 11.8 Å². The van der Waals surface area contributed by atoms with E-state index in [-0.39, 0.29) is 16.9 Å². The maximum Gasteiger partial charge on any atom is 0.417 e.